The van der Waals surface area contributed by atoms with E-state index < -0.39 is 52.1 Å². The number of carbonyl (C=O) groups is 3. The maximum atomic E-state index is 14.1. The van der Waals surface area contributed by atoms with Crippen molar-refractivity contribution in [3.8, 4) is 0 Å². The zero-order valence-electron chi connectivity index (χ0n) is 24.7. The molecule has 2 aliphatic rings. The fourth-order valence-electron chi connectivity index (χ4n) is 5.77. The average Bonchev–Trinajstić information content (AvgIpc) is 3.43. The number of rotatable bonds is 5. The number of aromatic nitrogens is 1. The first-order valence-corrected chi connectivity index (χ1v) is 16.7. The molecule has 3 heterocycles. The maximum Gasteiger partial charge on any atom is 0.416 e. The molecule has 1 aromatic heterocycles. The van der Waals surface area contributed by atoms with Crippen molar-refractivity contribution < 1.29 is 27.6 Å². The molecule has 4 aromatic rings. The molecule has 0 spiro atoms. The van der Waals surface area contributed by atoms with Gasteiger partial charge in [-0.3, -0.25) is 23.7 Å². The predicted molar refractivity (Wildman–Crippen MR) is 175 cm³/mol. The van der Waals surface area contributed by atoms with E-state index in [1.54, 1.807) is 24.3 Å². The topological polar surface area (TPSA) is 88.5 Å². The minimum atomic E-state index is -4.59. The Labute approximate surface area is 278 Å². The van der Waals surface area contributed by atoms with Crippen molar-refractivity contribution in [2.75, 3.05) is 10.2 Å². The number of carbonyl (C=O) groups excluding carboxylic acids is 3. The third-order valence-electron chi connectivity index (χ3n) is 8.05. The van der Waals surface area contributed by atoms with E-state index in [0.717, 1.165) is 50.8 Å². The Morgan fingerprint density at radius 1 is 0.913 bits per heavy atom. The van der Waals surface area contributed by atoms with Crippen molar-refractivity contribution in [3.05, 3.63) is 109 Å². The van der Waals surface area contributed by atoms with E-state index in [9.17, 15) is 32.3 Å². The van der Waals surface area contributed by atoms with Gasteiger partial charge in [-0.1, -0.05) is 90.1 Å². The first-order valence-electron chi connectivity index (χ1n) is 14.2. The molecule has 0 unspecified atom stereocenters. The zero-order valence-corrected chi connectivity index (χ0v) is 27.9. The average molecular weight is 731 g/mol. The number of hydrogen-bond acceptors (Lipinski definition) is 6. The highest BCUT2D eigenvalue weighted by Crippen LogP contribution is 2.54. The minimum Gasteiger partial charge on any atom is -0.325 e. The van der Waals surface area contributed by atoms with Crippen LogP contribution < -0.4 is 15.1 Å². The lowest BCUT2D eigenvalue weighted by molar-refractivity contribution is -0.137. The molecule has 7 nitrogen and oxygen atoms in total. The van der Waals surface area contributed by atoms with E-state index in [4.69, 9.17) is 0 Å². The van der Waals surface area contributed by atoms with Gasteiger partial charge in [0.25, 0.3) is 0 Å². The number of nitrogens with one attached hydrogen (secondary N) is 1. The number of fused-ring (bicyclic) bond motifs is 2. The SMILES string of the molecule is CC(C)(C)c1ccc([C@@H]2c3sc(=O)n(CC(=O)Nc4cccc(C(F)(F)F)c4)c3S[C@H]3C(=O)N(c4ccc(Br)cc4)C(=O)[C@@H]23)cc1. The van der Waals surface area contributed by atoms with Crippen molar-refractivity contribution in [2.24, 2.45) is 5.92 Å². The van der Waals surface area contributed by atoms with Crippen LogP contribution in [0.4, 0.5) is 24.5 Å². The molecule has 1 saturated heterocycles. The molecule has 1 N–H and O–H groups in total. The van der Waals surface area contributed by atoms with Crippen molar-refractivity contribution in [1.29, 1.82) is 0 Å². The molecule has 3 aromatic carbocycles. The summed E-state index contributed by atoms with van der Waals surface area (Å²) in [6.45, 7) is 5.76. The van der Waals surface area contributed by atoms with Crippen molar-refractivity contribution >= 4 is 68.1 Å². The minimum absolute atomic E-state index is 0.0665. The Kier molecular flexibility index (Phi) is 8.31. The van der Waals surface area contributed by atoms with Gasteiger partial charge in [0.05, 0.1) is 22.2 Å². The zero-order chi connectivity index (χ0) is 33.1. The van der Waals surface area contributed by atoms with Crippen LogP contribution >= 0.6 is 39.0 Å². The molecule has 238 valence electrons. The molecule has 6 rings (SSSR count). The lowest BCUT2D eigenvalue weighted by Crippen LogP contribution is -2.33. The Morgan fingerprint density at radius 3 is 2.22 bits per heavy atom. The molecule has 1 fully saturated rings. The molecule has 0 bridgehead atoms. The summed E-state index contributed by atoms with van der Waals surface area (Å²) in [5, 5.41) is 1.96. The first-order chi connectivity index (χ1) is 21.6. The molecule has 13 heteroatoms. The van der Waals surface area contributed by atoms with Crippen LogP contribution in [0, 0.1) is 5.92 Å². The highest BCUT2D eigenvalue weighted by Gasteiger charge is 2.56. The molecule has 0 radical (unpaired) electrons. The van der Waals surface area contributed by atoms with Gasteiger partial charge < -0.3 is 5.32 Å². The summed E-state index contributed by atoms with van der Waals surface area (Å²) in [6.07, 6.45) is -4.59. The van der Waals surface area contributed by atoms with Gasteiger partial charge in [0, 0.05) is 21.0 Å². The van der Waals surface area contributed by atoms with Crippen LogP contribution in [-0.2, 0) is 32.5 Å². The van der Waals surface area contributed by atoms with Crippen LogP contribution in [0.2, 0.25) is 0 Å². The molecule has 46 heavy (non-hydrogen) atoms. The van der Waals surface area contributed by atoms with E-state index in [1.165, 1.54) is 21.6 Å². The predicted octanol–water partition coefficient (Wildman–Crippen LogP) is 7.42. The van der Waals surface area contributed by atoms with Crippen LogP contribution in [0.25, 0.3) is 0 Å². The van der Waals surface area contributed by atoms with Gasteiger partial charge in [-0.15, -0.1) is 0 Å². The van der Waals surface area contributed by atoms with E-state index in [2.05, 4.69) is 42.0 Å². The second kappa shape index (κ2) is 11.8. The number of thiazole rings is 1. The number of halogens is 4. The first kappa shape index (κ1) is 32.3. The number of benzene rings is 3. The van der Waals surface area contributed by atoms with Crippen LogP contribution in [0.3, 0.4) is 0 Å². The summed E-state index contributed by atoms with van der Waals surface area (Å²) >= 11 is 5.36. The van der Waals surface area contributed by atoms with Crippen molar-refractivity contribution in [2.45, 2.75) is 55.1 Å². The van der Waals surface area contributed by atoms with Crippen LogP contribution in [0.5, 0.6) is 0 Å². The Bertz CT molecular complexity index is 1910. The second-order valence-corrected chi connectivity index (χ2v) is 15.2. The molecule has 3 amide bonds. The molecule has 0 aliphatic carbocycles. The molecular formula is C33H27BrF3N3O4S2. The van der Waals surface area contributed by atoms with Gasteiger partial charge >= 0.3 is 11.0 Å². The molecule has 0 saturated carbocycles. The molecular weight excluding hydrogens is 703 g/mol. The quantitative estimate of drug-likeness (QED) is 0.216. The van der Waals surface area contributed by atoms with Gasteiger partial charge in [-0.2, -0.15) is 13.2 Å². The van der Waals surface area contributed by atoms with Crippen LogP contribution in [0.15, 0.2) is 87.1 Å². The van der Waals surface area contributed by atoms with Gasteiger partial charge in [0.1, 0.15) is 11.8 Å². The maximum absolute atomic E-state index is 14.1. The third-order valence-corrected chi connectivity index (χ3v) is 11.2. The van der Waals surface area contributed by atoms with E-state index in [-0.39, 0.29) is 17.0 Å². The smallest absolute Gasteiger partial charge is 0.325 e. The highest BCUT2D eigenvalue weighted by molar-refractivity contribution is 9.10. The Morgan fingerprint density at radius 2 is 1.59 bits per heavy atom. The summed E-state index contributed by atoms with van der Waals surface area (Å²) in [4.78, 5) is 55.8. The lowest BCUT2D eigenvalue weighted by atomic mass is 9.81. The van der Waals surface area contributed by atoms with Gasteiger partial charge in [-0.25, -0.2) is 4.90 Å². The monoisotopic (exact) mass is 729 g/mol. The summed E-state index contributed by atoms with van der Waals surface area (Å²) in [5.74, 6) is -2.96. The third kappa shape index (κ3) is 5.95. The van der Waals surface area contributed by atoms with E-state index in [0.29, 0.717) is 15.6 Å². The van der Waals surface area contributed by atoms with Crippen molar-refractivity contribution in [3.63, 3.8) is 0 Å². The fourth-order valence-corrected chi connectivity index (χ4v) is 8.80. The van der Waals surface area contributed by atoms with Crippen LogP contribution in [0.1, 0.15) is 48.3 Å². The Balaban J connectivity index is 1.39. The number of hydrogen-bond donors (Lipinski definition) is 1. The summed E-state index contributed by atoms with van der Waals surface area (Å²) in [7, 11) is 0. The number of thioether (sulfide) groups is 1. The fraction of sp³-hybridized carbons (Fsp3) is 0.273. The van der Waals surface area contributed by atoms with Gasteiger partial charge in [0.15, 0.2) is 0 Å². The number of amides is 3. The van der Waals surface area contributed by atoms with Gasteiger partial charge in [0.2, 0.25) is 17.7 Å². The highest BCUT2D eigenvalue weighted by atomic mass is 79.9. The molecule has 3 atom stereocenters. The second-order valence-electron chi connectivity index (χ2n) is 12.2. The largest absolute Gasteiger partial charge is 0.416 e. The number of alkyl halides is 3. The van der Waals surface area contributed by atoms with Crippen molar-refractivity contribution in [1.82, 2.24) is 4.57 Å². The lowest BCUT2D eigenvalue weighted by Gasteiger charge is -2.31. The molecule has 2 aliphatic heterocycles. The Hall–Kier alpha value is -3.68. The number of anilines is 2. The van der Waals surface area contributed by atoms with Crippen LogP contribution in [-0.4, -0.2) is 27.5 Å². The summed E-state index contributed by atoms with van der Waals surface area (Å²) in [6, 6.07) is 18.8. The van der Waals surface area contributed by atoms with Gasteiger partial charge in [-0.05, 0) is 59.0 Å². The summed E-state index contributed by atoms with van der Waals surface area (Å²) < 4.78 is 41.7. The summed E-state index contributed by atoms with van der Waals surface area (Å²) in [5.41, 5.74) is 1.13. The standard InChI is InChI=1S/C33H27BrF3N3O4S2/c1-32(2,3)18-9-7-17(8-10-18)24-25-26(29(43)40(28(25)42)22-13-11-20(34)12-14-22)45-30-27(24)46-31(44)39(30)16-23(41)38-21-6-4-5-19(15-21)33(35,36)37/h4-15,24-26H,16H2,1-3H3,(H,38,41)/t24-,25-,26+/m0/s1. The number of imide groups is 1. The van der Waals surface area contributed by atoms with E-state index >= 15 is 0 Å². The van der Waals surface area contributed by atoms with E-state index in [1.807, 2.05) is 24.3 Å². The normalized spacial score (nSPS) is 19.6. The number of nitrogens with zero attached hydrogens (tertiary/aromatic N) is 2.